The first-order chi connectivity index (χ1) is 13.6. The Morgan fingerprint density at radius 3 is 2.07 bits per heavy atom. The van der Waals surface area contributed by atoms with Crippen molar-refractivity contribution in [3.05, 3.63) is 82.2 Å². The number of thiophene rings is 1. The Balaban J connectivity index is 1.75. The molecule has 152 valence electrons. The highest BCUT2D eigenvalue weighted by atomic mass is 32.1. The molecule has 29 heavy (non-hydrogen) atoms. The average molecular weight is 445 g/mol. The first kappa shape index (κ1) is 21.3. The minimum Gasteiger partial charge on any atom is -0.372 e. The van der Waals surface area contributed by atoms with E-state index in [2.05, 4.69) is 5.32 Å². The Hall–Kier alpha value is -2.39. The summed E-state index contributed by atoms with van der Waals surface area (Å²) < 4.78 is 76.6. The summed E-state index contributed by atoms with van der Waals surface area (Å²) in [7, 11) is 0. The van der Waals surface area contributed by atoms with E-state index < -0.39 is 23.5 Å². The summed E-state index contributed by atoms with van der Waals surface area (Å²) in [5.41, 5.74) is 0.294. The Labute approximate surface area is 172 Å². The van der Waals surface area contributed by atoms with E-state index in [1.165, 1.54) is 12.1 Å². The molecule has 0 aliphatic rings. The number of nitrogens with one attached hydrogen (secondary N) is 1. The molecule has 0 aliphatic carbocycles. The second kappa shape index (κ2) is 8.16. The Kier molecular flexibility index (Phi) is 6.00. The van der Waals surface area contributed by atoms with Crippen molar-refractivity contribution in [3.8, 4) is 10.4 Å². The molecule has 9 heteroatoms. The maximum Gasteiger partial charge on any atom is 0.417 e. The smallest absolute Gasteiger partial charge is 0.372 e. The molecule has 1 aromatic heterocycles. The van der Waals surface area contributed by atoms with Gasteiger partial charge in [-0.15, -0.1) is 11.3 Å². The lowest BCUT2D eigenvalue weighted by atomic mass is 10.1. The van der Waals surface area contributed by atoms with Crippen LogP contribution in [0.1, 0.15) is 22.3 Å². The van der Waals surface area contributed by atoms with Crippen LogP contribution in [0.5, 0.6) is 0 Å². The maximum absolute atomic E-state index is 12.9. The van der Waals surface area contributed by atoms with Crippen LogP contribution >= 0.6 is 23.6 Å². The zero-order chi connectivity index (χ0) is 21.2. The van der Waals surface area contributed by atoms with Gasteiger partial charge in [0.2, 0.25) is 0 Å². The van der Waals surface area contributed by atoms with E-state index >= 15 is 0 Å². The summed E-state index contributed by atoms with van der Waals surface area (Å²) in [5, 5.41) is 4.02. The lowest BCUT2D eigenvalue weighted by Gasteiger charge is -2.12. The van der Waals surface area contributed by atoms with Gasteiger partial charge in [0.15, 0.2) is 0 Å². The quantitative estimate of drug-likeness (QED) is 0.346. The molecule has 0 atom stereocenters. The molecular weight excluding hydrogens is 432 g/mol. The molecule has 0 spiro atoms. The van der Waals surface area contributed by atoms with Gasteiger partial charge >= 0.3 is 12.4 Å². The van der Waals surface area contributed by atoms with Crippen molar-refractivity contribution in [1.29, 1.82) is 0 Å². The van der Waals surface area contributed by atoms with Gasteiger partial charge in [-0.3, -0.25) is 0 Å². The topological polar surface area (TPSA) is 12.0 Å². The third-order valence-electron chi connectivity index (χ3n) is 4.12. The maximum atomic E-state index is 12.9. The zero-order valence-corrected chi connectivity index (χ0v) is 16.2. The van der Waals surface area contributed by atoms with Crippen molar-refractivity contribution in [2.24, 2.45) is 0 Å². The number of hydrogen-bond acceptors (Lipinski definition) is 2. The average Bonchev–Trinajstić information content (AvgIpc) is 3.16. The lowest BCUT2D eigenvalue weighted by Crippen LogP contribution is -2.22. The monoisotopic (exact) mass is 445 g/mol. The summed E-state index contributed by atoms with van der Waals surface area (Å²) in [6, 6.07) is 12.5. The van der Waals surface area contributed by atoms with E-state index in [0.717, 1.165) is 40.5 Å². The Morgan fingerprint density at radius 2 is 1.48 bits per heavy atom. The second-order valence-electron chi connectivity index (χ2n) is 6.11. The fraction of sp³-hybridized carbons (Fsp3) is 0.150. The summed E-state index contributed by atoms with van der Waals surface area (Å²) in [6.07, 6.45) is -8.84. The molecule has 0 saturated carbocycles. The van der Waals surface area contributed by atoms with E-state index in [1.807, 2.05) is 0 Å². The minimum absolute atomic E-state index is 0.218. The van der Waals surface area contributed by atoms with E-state index in [4.69, 9.17) is 12.2 Å². The molecule has 1 nitrogen and oxygen atoms in total. The number of rotatable bonds is 4. The van der Waals surface area contributed by atoms with Gasteiger partial charge in [-0.1, -0.05) is 48.6 Å². The van der Waals surface area contributed by atoms with Crippen LogP contribution in [0.4, 0.5) is 26.3 Å². The van der Waals surface area contributed by atoms with Crippen molar-refractivity contribution >= 4 is 28.5 Å². The van der Waals surface area contributed by atoms with Gasteiger partial charge < -0.3 is 5.32 Å². The molecule has 0 radical (unpaired) electrons. The highest BCUT2D eigenvalue weighted by Gasteiger charge is 2.32. The standard InChI is InChI=1S/C20H13F6NS2/c21-19(22,23)14-7-5-12(6-8-14)18(28)27-10-13-3-1-2-4-16(13)17-9-15(11-29-17)20(24,25)26/h1-9,11H,10H2,(H,27,28). The third kappa shape index (κ3) is 5.16. The number of benzene rings is 2. The van der Waals surface area contributed by atoms with E-state index in [1.54, 1.807) is 24.3 Å². The number of hydrogen-bond donors (Lipinski definition) is 1. The third-order valence-corrected chi connectivity index (χ3v) is 5.47. The van der Waals surface area contributed by atoms with Gasteiger partial charge in [0.25, 0.3) is 0 Å². The predicted octanol–water partition coefficient (Wildman–Crippen LogP) is 6.92. The number of thiocarbonyl (C=S) groups is 1. The normalized spacial score (nSPS) is 12.1. The SMILES string of the molecule is FC(F)(F)c1ccc(C(=S)NCc2ccccc2-c2cc(C(F)(F)F)cs2)cc1. The summed E-state index contributed by atoms with van der Waals surface area (Å²) in [5.74, 6) is 0. The molecule has 0 saturated heterocycles. The highest BCUT2D eigenvalue weighted by molar-refractivity contribution is 7.80. The van der Waals surface area contributed by atoms with Crippen LogP contribution in [-0.2, 0) is 18.9 Å². The fourth-order valence-electron chi connectivity index (χ4n) is 2.63. The predicted molar refractivity (Wildman–Crippen MR) is 105 cm³/mol. The molecule has 3 rings (SSSR count). The van der Waals surface area contributed by atoms with Crippen molar-refractivity contribution in [3.63, 3.8) is 0 Å². The molecule has 0 unspecified atom stereocenters. The van der Waals surface area contributed by atoms with Crippen LogP contribution in [-0.4, -0.2) is 4.99 Å². The lowest BCUT2D eigenvalue weighted by molar-refractivity contribution is -0.138. The minimum atomic E-state index is -4.43. The van der Waals surface area contributed by atoms with Crippen LogP contribution in [0.2, 0.25) is 0 Å². The van der Waals surface area contributed by atoms with Crippen molar-refractivity contribution in [1.82, 2.24) is 5.32 Å². The molecule has 2 aromatic carbocycles. The Morgan fingerprint density at radius 1 is 0.862 bits per heavy atom. The molecule has 3 aromatic rings. The molecule has 0 fully saturated rings. The molecule has 1 N–H and O–H groups in total. The van der Waals surface area contributed by atoms with Crippen molar-refractivity contribution < 1.29 is 26.3 Å². The first-order valence-electron chi connectivity index (χ1n) is 8.25. The zero-order valence-electron chi connectivity index (χ0n) is 14.6. The largest absolute Gasteiger partial charge is 0.417 e. The first-order valence-corrected chi connectivity index (χ1v) is 9.54. The van der Waals surface area contributed by atoms with Crippen molar-refractivity contribution in [2.75, 3.05) is 0 Å². The summed E-state index contributed by atoms with van der Waals surface area (Å²) in [4.78, 5) is 0.714. The van der Waals surface area contributed by atoms with Crippen LogP contribution in [0.25, 0.3) is 10.4 Å². The molecule has 0 amide bonds. The highest BCUT2D eigenvalue weighted by Crippen LogP contribution is 2.37. The molecule has 0 bridgehead atoms. The van der Waals surface area contributed by atoms with E-state index in [0.29, 0.717) is 16.0 Å². The molecular formula is C20H13F6NS2. The second-order valence-corrected chi connectivity index (χ2v) is 7.43. The van der Waals surface area contributed by atoms with Gasteiger partial charge in [0.1, 0.15) is 4.99 Å². The fourth-order valence-corrected chi connectivity index (χ4v) is 3.81. The number of halogens is 6. The number of alkyl halides is 6. The van der Waals surface area contributed by atoms with Gasteiger partial charge in [-0.05, 0) is 29.3 Å². The van der Waals surface area contributed by atoms with Crippen LogP contribution in [0.3, 0.4) is 0 Å². The molecule has 1 heterocycles. The van der Waals surface area contributed by atoms with Crippen LogP contribution < -0.4 is 5.32 Å². The summed E-state index contributed by atoms with van der Waals surface area (Å²) in [6.45, 7) is 0.218. The Bertz CT molecular complexity index is 1000. The van der Waals surface area contributed by atoms with Crippen LogP contribution in [0, 0.1) is 0 Å². The summed E-state index contributed by atoms with van der Waals surface area (Å²) >= 11 is 6.22. The molecule has 0 aliphatic heterocycles. The van der Waals surface area contributed by atoms with Gasteiger partial charge in [-0.25, -0.2) is 0 Å². The van der Waals surface area contributed by atoms with Crippen LogP contribution in [0.15, 0.2) is 60.0 Å². The van der Waals surface area contributed by atoms with E-state index in [9.17, 15) is 26.3 Å². The van der Waals surface area contributed by atoms with Crippen molar-refractivity contribution in [2.45, 2.75) is 18.9 Å². The van der Waals surface area contributed by atoms with Gasteiger partial charge in [0.05, 0.1) is 11.1 Å². The van der Waals surface area contributed by atoms with Gasteiger partial charge in [0, 0.05) is 22.4 Å². The van der Waals surface area contributed by atoms with E-state index in [-0.39, 0.29) is 11.5 Å². The van der Waals surface area contributed by atoms with Gasteiger partial charge in [-0.2, -0.15) is 26.3 Å².